The predicted molar refractivity (Wildman–Crippen MR) is 93.1 cm³/mol. The minimum atomic E-state index is -3.81. The summed E-state index contributed by atoms with van der Waals surface area (Å²) in [7, 11) is -2.26. The molecule has 8 heteroatoms. The standard InChI is InChI=1S/C18H17FN2O4S/c1-25-13-4-7-16-15(10-13)18(17(22)20-16)8-9-21(11-18)26(23,24)14-5-2-12(19)3-6-14/h2-7,10H,8-9,11H2,1H3,(H,20,22)/t18-/m0/s1. The highest BCUT2D eigenvalue weighted by atomic mass is 32.2. The molecule has 2 heterocycles. The molecule has 0 bridgehead atoms. The molecule has 0 saturated carbocycles. The highest BCUT2D eigenvalue weighted by Crippen LogP contribution is 2.46. The Kier molecular flexibility index (Phi) is 3.78. The summed E-state index contributed by atoms with van der Waals surface area (Å²) in [5.41, 5.74) is 0.493. The first-order valence-corrected chi connectivity index (χ1v) is 9.56. The Morgan fingerprint density at radius 2 is 1.92 bits per heavy atom. The highest BCUT2D eigenvalue weighted by molar-refractivity contribution is 7.89. The fourth-order valence-electron chi connectivity index (χ4n) is 3.66. The summed E-state index contributed by atoms with van der Waals surface area (Å²) in [6, 6.07) is 9.99. The molecule has 2 aromatic carbocycles. The Morgan fingerprint density at radius 3 is 2.62 bits per heavy atom. The van der Waals surface area contributed by atoms with Crippen molar-refractivity contribution in [1.29, 1.82) is 0 Å². The fourth-order valence-corrected chi connectivity index (χ4v) is 5.16. The Labute approximate surface area is 150 Å². The number of rotatable bonds is 3. The molecule has 1 saturated heterocycles. The number of nitrogens with one attached hydrogen (secondary N) is 1. The molecule has 1 N–H and O–H groups in total. The van der Waals surface area contributed by atoms with E-state index in [1.165, 1.54) is 16.4 Å². The average Bonchev–Trinajstić information content (AvgIpc) is 3.19. The molecule has 136 valence electrons. The van der Waals surface area contributed by atoms with Gasteiger partial charge in [-0.2, -0.15) is 4.31 Å². The third-order valence-corrected chi connectivity index (χ3v) is 6.97. The molecule has 0 radical (unpaired) electrons. The van der Waals surface area contributed by atoms with E-state index in [2.05, 4.69) is 5.32 Å². The van der Waals surface area contributed by atoms with Crippen molar-refractivity contribution in [2.75, 3.05) is 25.5 Å². The van der Waals surface area contributed by atoms with Gasteiger partial charge in [0.1, 0.15) is 11.6 Å². The molecule has 1 spiro atoms. The number of amides is 1. The van der Waals surface area contributed by atoms with Gasteiger partial charge in [-0.25, -0.2) is 12.8 Å². The lowest BCUT2D eigenvalue weighted by Gasteiger charge is -2.22. The third kappa shape index (κ3) is 2.40. The number of sulfonamides is 1. The van der Waals surface area contributed by atoms with Crippen molar-refractivity contribution < 1.29 is 22.3 Å². The van der Waals surface area contributed by atoms with Crippen LogP contribution in [0.2, 0.25) is 0 Å². The van der Waals surface area contributed by atoms with Crippen LogP contribution in [0.25, 0.3) is 0 Å². The Hall–Kier alpha value is -2.45. The van der Waals surface area contributed by atoms with E-state index in [1.54, 1.807) is 25.3 Å². The molecule has 2 aliphatic heterocycles. The molecule has 2 aliphatic rings. The molecular formula is C18H17FN2O4S. The van der Waals surface area contributed by atoms with E-state index in [0.29, 0.717) is 17.9 Å². The molecule has 2 aromatic rings. The van der Waals surface area contributed by atoms with Gasteiger partial charge in [-0.15, -0.1) is 0 Å². The van der Waals surface area contributed by atoms with Crippen LogP contribution >= 0.6 is 0 Å². The van der Waals surface area contributed by atoms with Gasteiger partial charge in [0.05, 0.1) is 17.4 Å². The van der Waals surface area contributed by atoms with Gasteiger partial charge in [-0.3, -0.25) is 4.79 Å². The minimum Gasteiger partial charge on any atom is -0.497 e. The van der Waals surface area contributed by atoms with Crippen molar-refractivity contribution in [2.45, 2.75) is 16.7 Å². The molecule has 1 amide bonds. The number of fused-ring (bicyclic) bond motifs is 2. The van der Waals surface area contributed by atoms with Gasteiger partial charge >= 0.3 is 0 Å². The second-order valence-corrected chi connectivity index (χ2v) is 8.43. The number of anilines is 1. The van der Waals surface area contributed by atoms with E-state index in [1.807, 2.05) is 0 Å². The largest absolute Gasteiger partial charge is 0.497 e. The maximum absolute atomic E-state index is 13.1. The fraction of sp³-hybridized carbons (Fsp3) is 0.278. The maximum atomic E-state index is 13.1. The number of benzene rings is 2. The zero-order chi connectivity index (χ0) is 18.5. The van der Waals surface area contributed by atoms with Crippen LogP contribution in [0.3, 0.4) is 0 Å². The van der Waals surface area contributed by atoms with Crippen molar-refractivity contribution in [3.8, 4) is 5.75 Å². The van der Waals surface area contributed by atoms with E-state index in [9.17, 15) is 17.6 Å². The van der Waals surface area contributed by atoms with Crippen LogP contribution < -0.4 is 10.1 Å². The normalized spacial score (nSPS) is 22.5. The third-order valence-electron chi connectivity index (χ3n) is 5.11. The Bertz CT molecular complexity index is 991. The SMILES string of the molecule is COc1ccc2c(c1)[C@@]1(CCN(S(=O)(=O)c3ccc(F)cc3)C1)C(=O)N2. The van der Waals surface area contributed by atoms with Gasteiger partial charge in [0.2, 0.25) is 15.9 Å². The van der Waals surface area contributed by atoms with Gasteiger partial charge in [0, 0.05) is 18.8 Å². The summed E-state index contributed by atoms with van der Waals surface area (Å²) in [5, 5.41) is 2.84. The smallest absolute Gasteiger partial charge is 0.243 e. The monoisotopic (exact) mass is 376 g/mol. The van der Waals surface area contributed by atoms with Crippen LogP contribution in [0, 0.1) is 5.82 Å². The van der Waals surface area contributed by atoms with Gasteiger partial charge in [-0.05, 0) is 54.4 Å². The summed E-state index contributed by atoms with van der Waals surface area (Å²) in [4.78, 5) is 12.7. The quantitative estimate of drug-likeness (QED) is 0.890. The molecule has 1 atom stereocenters. The first-order valence-electron chi connectivity index (χ1n) is 8.12. The zero-order valence-corrected chi connectivity index (χ0v) is 14.8. The molecule has 0 unspecified atom stereocenters. The lowest BCUT2D eigenvalue weighted by Crippen LogP contribution is -2.39. The van der Waals surface area contributed by atoms with Crippen molar-refractivity contribution in [3.05, 3.63) is 53.8 Å². The Morgan fingerprint density at radius 1 is 1.19 bits per heavy atom. The van der Waals surface area contributed by atoms with E-state index in [-0.39, 0.29) is 23.9 Å². The summed E-state index contributed by atoms with van der Waals surface area (Å²) >= 11 is 0. The summed E-state index contributed by atoms with van der Waals surface area (Å²) in [5.74, 6) is -0.102. The molecule has 6 nitrogen and oxygen atoms in total. The predicted octanol–water partition coefficient (Wildman–Crippen LogP) is 2.12. The number of carbonyl (C=O) groups is 1. The minimum absolute atomic E-state index is 0.0141. The van der Waals surface area contributed by atoms with Gasteiger partial charge in [0.25, 0.3) is 0 Å². The zero-order valence-electron chi connectivity index (χ0n) is 14.0. The van der Waals surface area contributed by atoms with Crippen LogP contribution in [0.5, 0.6) is 5.75 Å². The van der Waals surface area contributed by atoms with Crippen LogP contribution in [0.1, 0.15) is 12.0 Å². The highest BCUT2D eigenvalue weighted by Gasteiger charge is 2.53. The van der Waals surface area contributed by atoms with Gasteiger partial charge in [0.15, 0.2) is 0 Å². The van der Waals surface area contributed by atoms with Crippen LogP contribution in [0.15, 0.2) is 47.4 Å². The number of nitrogens with zero attached hydrogens (tertiary/aromatic N) is 1. The lowest BCUT2D eigenvalue weighted by atomic mass is 9.81. The summed E-state index contributed by atoms with van der Waals surface area (Å²) in [6.45, 7) is 0.252. The van der Waals surface area contributed by atoms with Crippen molar-refractivity contribution in [1.82, 2.24) is 4.31 Å². The Balaban J connectivity index is 1.71. The van der Waals surface area contributed by atoms with E-state index in [0.717, 1.165) is 17.7 Å². The summed E-state index contributed by atoms with van der Waals surface area (Å²) in [6.07, 6.45) is 0.374. The summed E-state index contributed by atoms with van der Waals surface area (Å²) < 4.78 is 45.4. The van der Waals surface area contributed by atoms with Crippen LogP contribution in [-0.2, 0) is 20.2 Å². The van der Waals surface area contributed by atoms with Crippen LogP contribution in [-0.4, -0.2) is 38.8 Å². The molecule has 0 aromatic heterocycles. The topological polar surface area (TPSA) is 75.7 Å². The number of carbonyl (C=O) groups excluding carboxylic acids is 1. The number of methoxy groups -OCH3 is 1. The van der Waals surface area contributed by atoms with Gasteiger partial charge < -0.3 is 10.1 Å². The molecule has 4 rings (SSSR count). The first kappa shape index (κ1) is 17.0. The number of ether oxygens (including phenoxy) is 1. The molecule has 26 heavy (non-hydrogen) atoms. The maximum Gasteiger partial charge on any atom is 0.243 e. The van der Waals surface area contributed by atoms with Crippen LogP contribution in [0.4, 0.5) is 10.1 Å². The molecular weight excluding hydrogens is 359 g/mol. The van der Waals surface area contributed by atoms with E-state index >= 15 is 0 Å². The number of hydrogen-bond acceptors (Lipinski definition) is 4. The van der Waals surface area contributed by atoms with Gasteiger partial charge in [-0.1, -0.05) is 0 Å². The van der Waals surface area contributed by atoms with Crippen molar-refractivity contribution in [3.63, 3.8) is 0 Å². The van der Waals surface area contributed by atoms with E-state index < -0.39 is 21.3 Å². The second-order valence-electron chi connectivity index (χ2n) is 6.49. The number of halogens is 1. The number of hydrogen-bond donors (Lipinski definition) is 1. The first-order chi connectivity index (χ1) is 12.4. The van der Waals surface area contributed by atoms with Crippen molar-refractivity contribution >= 4 is 21.6 Å². The molecule has 1 fully saturated rings. The van der Waals surface area contributed by atoms with E-state index in [4.69, 9.17) is 4.74 Å². The lowest BCUT2D eigenvalue weighted by molar-refractivity contribution is -0.120. The molecule has 0 aliphatic carbocycles. The van der Waals surface area contributed by atoms with Crippen molar-refractivity contribution in [2.24, 2.45) is 0 Å². The average molecular weight is 376 g/mol. The second kappa shape index (κ2) is 5.78.